The molecule has 0 unspecified atom stereocenters. The van der Waals surface area contributed by atoms with E-state index in [-0.39, 0.29) is 16.2 Å². The van der Waals surface area contributed by atoms with Crippen molar-refractivity contribution >= 4 is 27.0 Å². The van der Waals surface area contributed by atoms with Crippen LogP contribution in [0.5, 0.6) is 5.75 Å². The number of carbonyl (C=O) groups is 1. The average Bonchev–Trinajstić information content (AvgIpc) is 2.72. The van der Waals surface area contributed by atoms with Crippen LogP contribution >= 0.6 is 0 Å². The highest BCUT2D eigenvalue weighted by Crippen LogP contribution is 2.27. The molecule has 1 aliphatic rings. The summed E-state index contributed by atoms with van der Waals surface area (Å²) in [7, 11) is -3.62. The van der Waals surface area contributed by atoms with Gasteiger partial charge in [0.2, 0.25) is 10.0 Å². The zero-order valence-electron chi connectivity index (χ0n) is 18.2. The molecule has 2 atom stereocenters. The van der Waals surface area contributed by atoms with Crippen LogP contribution in [0.15, 0.2) is 62.6 Å². The number of piperidine rings is 1. The third-order valence-electron chi connectivity index (χ3n) is 5.70. The molecule has 8 heteroatoms. The lowest BCUT2D eigenvalue weighted by atomic mass is 9.94. The van der Waals surface area contributed by atoms with Crippen LogP contribution in [0.2, 0.25) is 0 Å². The Morgan fingerprint density at radius 2 is 1.69 bits per heavy atom. The number of aryl methyl sites for hydroxylation is 1. The Hall–Kier alpha value is -2.97. The van der Waals surface area contributed by atoms with Gasteiger partial charge in [-0.1, -0.05) is 13.8 Å². The average molecular weight is 456 g/mol. The van der Waals surface area contributed by atoms with E-state index in [4.69, 9.17) is 9.15 Å². The topological polar surface area (TPSA) is 93.9 Å². The molecule has 168 valence electrons. The molecule has 0 bridgehead atoms. The molecule has 1 aromatic heterocycles. The molecule has 32 heavy (non-hydrogen) atoms. The molecule has 0 spiro atoms. The molecule has 0 amide bonds. The Morgan fingerprint density at radius 3 is 2.34 bits per heavy atom. The maximum absolute atomic E-state index is 13.0. The highest BCUT2D eigenvalue weighted by molar-refractivity contribution is 7.89. The largest absolute Gasteiger partial charge is 0.423 e. The van der Waals surface area contributed by atoms with Crippen LogP contribution in [-0.2, 0) is 10.0 Å². The van der Waals surface area contributed by atoms with Gasteiger partial charge in [0.1, 0.15) is 11.3 Å². The van der Waals surface area contributed by atoms with E-state index in [1.807, 2.05) is 0 Å². The summed E-state index contributed by atoms with van der Waals surface area (Å²) in [5, 5.41) is 0.750. The summed E-state index contributed by atoms with van der Waals surface area (Å²) in [4.78, 5) is 24.3. The molecule has 7 nitrogen and oxygen atoms in total. The standard InChI is InChI=1S/C24H25NO6S/c1-15-10-16(2)14-25(13-15)32(28,29)20-7-4-18(5-8-20)24(27)30-19-6-9-21-17(3)11-23(26)31-22(21)12-19/h4-9,11-12,15-16H,10,13-14H2,1-3H3/t15-,16-/m1/s1. The Bertz CT molecular complexity index is 1320. The van der Waals surface area contributed by atoms with Gasteiger partial charge in [0, 0.05) is 30.6 Å². The van der Waals surface area contributed by atoms with E-state index in [0.29, 0.717) is 30.5 Å². The fourth-order valence-electron chi connectivity index (χ4n) is 4.25. The van der Waals surface area contributed by atoms with E-state index in [9.17, 15) is 18.0 Å². The number of hydrogen-bond acceptors (Lipinski definition) is 6. The first-order chi connectivity index (χ1) is 15.1. The van der Waals surface area contributed by atoms with Crippen molar-refractivity contribution < 1.29 is 22.4 Å². The summed E-state index contributed by atoms with van der Waals surface area (Å²) in [6, 6.07) is 12.0. The second-order valence-electron chi connectivity index (χ2n) is 8.59. The molecule has 1 fully saturated rings. The highest BCUT2D eigenvalue weighted by Gasteiger charge is 2.31. The van der Waals surface area contributed by atoms with Crippen LogP contribution in [0.4, 0.5) is 0 Å². The Labute approximate surface area is 186 Å². The smallest absolute Gasteiger partial charge is 0.343 e. The van der Waals surface area contributed by atoms with Crippen LogP contribution in [0, 0.1) is 18.8 Å². The van der Waals surface area contributed by atoms with E-state index < -0.39 is 21.6 Å². The van der Waals surface area contributed by atoms with Crippen molar-refractivity contribution in [1.82, 2.24) is 4.31 Å². The SMILES string of the molecule is Cc1cc(=O)oc2cc(OC(=O)c3ccc(S(=O)(=O)N4C[C@H](C)C[C@@H](C)C4)cc3)ccc12. The van der Waals surface area contributed by atoms with E-state index in [0.717, 1.165) is 17.4 Å². The van der Waals surface area contributed by atoms with Gasteiger partial charge in [0.05, 0.1) is 10.5 Å². The maximum atomic E-state index is 13.0. The van der Waals surface area contributed by atoms with Gasteiger partial charge in [-0.15, -0.1) is 0 Å². The number of fused-ring (bicyclic) bond motifs is 1. The summed E-state index contributed by atoms with van der Waals surface area (Å²) in [6.45, 7) is 6.89. The summed E-state index contributed by atoms with van der Waals surface area (Å²) in [5.74, 6) is 0.198. The predicted molar refractivity (Wildman–Crippen MR) is 120 cm³/mol. The molecule has 1 saturated heterocycles. The monoisotopic (exact) mass is 455 g/mol. The second kappa shape index (κ2) is 8.52. The third-order valence-corrected chi connectivity index (χ3v) is 7.54. The van der Waals surface area contributed by atoms with Gasteiger partial charge in [-0.3, -0.25) is 0 Å². The Kier molecular flexibility index (Phi) is 5.92. The van der Waals surface area contributed by atoms with Crippen molar-refractivity contribution in [2.75, 3.05) is 13.1 Å². The maximum Gasteiger partial charge on any atom is 0.343 e. The molecule has 4 rings (SSSR count). The van der Waals surface area contributed by atoms with Crippen molar-refractivity contribution in [2.24, 2.45) is 11.8 Å². The first-order valence-corrected chi connectivity index (χ1v) is 11.9. The van der Waals surface area contributed by atoms with Crippen molar-refractivity contribution in [3.8, 4) is 5.75 Å². The van der Waals surface area contributed by atoms with Gasteiger partial charge in [-0.05, 0) is 67.1 Å². The van der Waals surface area contributed by atoms with E-state index in [1.54, 1.807) is 19.1 Å². The van der Waals surface area contributed by atoms with E-state index in [1.165, 1.54) is 40.7 Å². The molecule has 0 N–H and O–H groups in total. The lowest BCUT2D eigenvalue weighted by Crippen LogP contribution is -2.42. The van der Waals surface area contributed by atoms with Gasteiger partial charge < -0.3 is 9.15 Å². The number of benzene rings is 2. The van der Waals surface area contributed by atoms with E-state index in [2.05, 4.69) is 13.8 Å². The number of nitrogens with zero attached hydrogens (tertiary/aromatic N) is 1. The van der Waals surface area contributed by atoms with Gasteiger partial charge in [-0.25, -0.2) is 18.0 Å². The fourth-order valence-corrected chi connectivity index (χ4v) is 5.93. The van der Waals surface area contributed by atoms with Crippen LogP contribution in [-0.4, -0.2) is 31.8 Å². The van der Waals surface area contributed by atoms with Gasteiger partial charge >= 0.3 is 11.6 Å². The summed E-state index contributed by atoms with van der Waals surface area (Å²) in [6.07, 6.45) is 1.01. The number of esters is 1. The molecule has 0 saturated carbocycles. The molecule has 2 aromatic carbocycles. The minimum Gasteiger partial charge on any atom is -0.423 e. The first-order valence-electron chi connectivity index (χ1n) is 10.5. The molecule has 2 heterocycles. The van der Waals surface area contributed by atoms with Crippen LogP contribution < -0.4 is 10.4 Å². The zero-order valence-corrected chi connectivity index (χ0v) is 19.0. The fraction of sp³-hybridized carbons (Fsp3) is 0.333. The summed E-state index contributed by atoms with van der Waals surface area (Å²) < 4.78 is 38.1. The number of hydrogen-bond donors (Lipinski definition) is 0. The van der Waals surface area contributed by atoms with Gasteiger partial charge in [0.15, 0.2) is 0 Å². The number of ether oxygens (including phenoxy) is 1. The van der Waals surface area contributed by atoms with Gasteiger partial charge in [-0.2, -0.15) is 4.31 Å². The van der Waals surface area contributed by atoms with Crippen molar-refractivity contribution in [3.63, 3.8) is 0 Å². The van der Waals surface area contributed by atoms with Crippen molar-refractivity contribution in [3.05, 3.63) is 70.1 Å². The first kappa shape index (κ1) is 22.2. The van der Waals surface area contributed by atoms with Crippen LogP contribution in [0.3, 0.4) is 0 Å². The normalized spacial score (nSPS) is 19.7. The molecule has 0 radical (unpaired) electrons. The van der Waals surface area contributed by atoms with Gasteiger partial charge in [0.25, 0.3) is 0 Å². The number of sulfonamides is 1. The molecular weight excluding hydrogens is 430 g/mol. The highest BCUT2D eigenvalue weighted by atomic mass is 32.2. The van der Waals surface area contributed by atoms with Crippen molar-refractivity contribution in [1.29, 1.82) is 0 Å². The molecular formula is C24H25NO6S. The Balaban J connectivity index is 1.52. The number of rotatable bonds is 4. The molecule has 0 aliphatic carbocycles. The zero-order chi connectivity index (χ0) is 23.0. The minimum absolute atomic E-state index is 0.151. The lowest BCUT2D eigenvalue weighted by Gasteiger charge is -2.34. The van der Waals surface area contributed by atoms with Crippen molar-refractivity contribution in [2.45, 2.75) is 32.1 Å². The third kappa shape index (κ3) is 4.47. The number of carbonyl (C=O) groups excluding carboxylic acids is 1. The molecule has 3 aromatic rings. The van der Waals surface area contributed by atoms with Crippen LogP contribution in [0.25, 0.3) is 11.0 Å². The second-order valence-corrected chi connectivity index (χ2v) is 10.5. The minimum atomic E-state index is -3.62. The molecule has 1 aliphatic heterocycles. The quantitative estimate of drug-likeness (QED) is 0.335. The summed E-state index contributed by atoms with van der Waals surface area (Å²) >= 11 is 0. The summed E-state index contributed by atoms with van der Waals surface area (Å²) in [5.41, 5.74) is 0.832. The Morgan fingerprint density at radius 1 is 1.03 bits per heavy atom. The lowest BCUT2D eigenvalue weighted by molar-refractivity contribution is 0.0735. The van der Waals surface area contributed by atoms with E-state index >= 15 is 0 Å². The van der Waals surface area contributed by atoms with Crippen LogP contribution in [0.1, 0.15) is 36.2 Å². The predicted octanol–water partition coefficient (Wildman–Crippen LogP) is 3.99.